The van der Waals surface area contributed by atoms with Gasteiger partial charge in [0.1, 0.15) is 6.04 Å². The number of carboxylic acids is 1. The number of benzene rings is 1. The van der Waals surface area contributed by atoms with Gasteiger partial charge in [-0.2, -0.15) is 0 Å². The number of carboxylic acid groups (broad SMARTS) is 1. The van der Waals surface area contributed by atoms with Crippen LogP contribution in [0.2, 0.25) is 0 Å². The third-order valence-corrected chi connectivity index (χ3v) is 3.01. The summed E-state index contributed by atoms with van der Waals surface area (Å²) in [6, 6.07) is 6.08. The first-order valence-corrected chi connectivity index (χ1v) is 5.69. The van der Waals surface area contributed by atoms with Crippen LogP contribution in [0.15, 0.2) is 24.3 Å². The highest BCUT2D eigenvalue weighted by molar-refractivity contribution is 5.93. The summed E-state index contributed by atoms with van der Waals surface area (Å²) in [4.78, 5) is 23.9. The highest BCUT2D eigenvalue weighted by Crippen LogP contribution is 2.19. The number of nitrogens with zero attached hydrogens (tertiary/aromatic N) is 1. The van der Waals surface area contributed by atoms with Crippen LogP contribution in [0.1, 0.15) is 10.4 Å². The topological polar surface area (TPSA) is 95.7 Å². The standard InChI is InChI=1S/C12H15N3O3/c13-11(16)8-1-3-9(4-2-8)15-6-5-14-7-10(15)12(17)18/h1-4,10,14H,5-7H2,(H2,13,16)(H,17,18). The Bertz CT molecular complexity index is 458. The van der Waals surface area contributed by atoms with Crippen molar-refractivity contribution in [2.24, 2.45) is 5.73 Å². The van der Waals surface area contributed by atoms with Gasteiger partial charge in [-0.3, -0.25) is 4.79 Å². The summed E-state index contributed by atoms with van der Waals surface area (Å²) in [6.07, 6.45) is 0. The summed E-state index contributed by atoms with van der Waals surface area (Å²) < 4.78 is 0. The third kappa shape index (κ3) is 2.43. The van der Waals surface area contributed by atoms with Crippen molar-refractivity contribution < 1.29 is 14.7 Å². The van der Waals surface area contributed by atoms with Gasteiger partial charge in [0.05, 0.1) is 0 Å². The number of aliphatic carboxylic acids is 1. The number of hydrogen-bond acceptors (Lipinski definition) is 4. The predicted octanol–water partition coefficient (Wildman–Crippen LogP) is -0.352. The molecule has 1 fully saturated rings. The zero-order chi connectivity index (χ0) is 13.1. The summed E-state index contributed by atoms with van der Waals surface area (Å²) in [5.41, 5.74) is 6.36. The minimum absolute atomic E-state index is 0.410. The molecule has 0 aromatic heterocycles. The molecule has 1 heterocycles. The summed E-state index contributed by atoms with van der Waals surface area (Å²) >= 11 is 0. The molecule has 1 aromatic carbocycles. The van der Waals surface area contributed by atoms with Gasteiger partial charge < -0.3 is 21.1 Å². The van der Waals surface area contributed by atoms with Crippen molar-refractivity contribution in [3.8, 4) is 0 Å². The van der Waals surface area contributed by atoms with E-state index >= 15 is 0 Å². The molecule has 1 unspecified atom stereocenters. The van der Waals surface area contributed by atoms with E-state index in [1.165, 1.54) is 0 Å². The maximum absolute atomic E-state index is 11.2. The SMILES string of the molecule is NC(=O)c1ccc(N2CCNCC2C(=O)O)cc1. The Morgan fingerprint density at radius 1 is 1.33 bits per heavy atom. The monoisotopic (exact) mass is 249 g/mol. The fourth-order valence-electron chi connectivity index (χ4n) is 2.05. The van der Waals surface area contributed by atoms with Crippen LogP contribution in [-0.2, 0) is 4.79 Å². The van der Waals surface area contributed by atoms with Crippen LogP contribution in [-0.4, -0.2) is 42.7 Å². The molecular weight excluding hydrogens is 234 g/mol. The van der Waals surface area contributed by atoms with E-state index in [4.69, 9.17) is 10.8 Å². The molecule has 0 bridgehead atoms. The smallest absolute Gasteiger partial charge is 0.327 e. The van der Waals surface area contributed by atoms with E-state index in [0.29, 0.717) is 18.7 Å². The molecule has 1 atom stereocenters. The van der Waals surface area contributed by atoms with Crippen LogP contribution in [0.4, 0.5) is 5.69 Å². The first kappa shape index (κ1) is 12.4. The molecule has 1 amide bonds. The fourth-order valence-corrected chi connectivity index (χ4v) is 2.05. The molecule has 4 N–H and O–H groups in total. The Kier molecular flexibility index (Phi) is 3.47. The van der Waals surface area contributed by atoms with Crippen LogP contribution < -0.4 is 16.0 Å². The van der Waals surface area contributed by atoms with Crippen molar-refractivity contribution in [3.05, 3.63) is 29.8 Å². The molecule has 0 radical (unpaired) electrons. The van der Waals surface area contributed by atoms with Crippen molar-refractivity contribution in [3.63, 3.8) is 0 Å². The Morgan fingerprint density at radius 2 is 2.00 bits per heavy atom. The number of anilines is 1. The van der Waals surface area contributed by atoms with Crippen molar-refractivity contribution in [1.29, 1.82) is 0 Å². The van der Waals surface area contributed by atoms with Gasteiger partial charge >= 0.3 is 5.97 Å². The number of nitrogens with one attached hydrogen (secondary N) is 1. The van der Waals surface area contributed by atoms with Gasteiger partial charge in [-0.15, -0.1) is 0 Å². The van der Waals surface area contributed by atoms with Crippen molar-refractivity contribution >= 4 is 17.6 Å². The highest BCUT2D eigenvalue weighted by atomic mass is 16.4. The van der Waals surface area contributed by atoms with E-state index in [1.807, 2.05) is 4.90 Å². The highest BCUT2D eigenvalue weighted by Gasteiger charge is 2.28. The largest absolute Gasteiger partial charge is 0.480 e. The minimum atomic E-state index is -0.860. The molecule has 6 heteroatoms. The van der Waals surface area contributed by atoms with Gasteiger partial charge in [0.15, 0.2) is 0 Å². The minimum Gasteiger partial charge on any atom is -0.480 e. The van der Waals surface area contributed by atoms with Crippen LogP contribution in [0.25, 0.3) is 0 Å². The number of nitrogens with two attached hydrogens (primary N) is 1. The second-order valence-corrected chi connectivity index (χ2v) is 4.16. The van der Waals surface area contributed by atoms with Crippen LogP contribution >= 0.6 is 0 Å². The molecule has 96 valence electrons. The Hall–Kier alpha value is -2.08. The van der Waals surface area contributed by atoms with Crippen LogP contribution in [0.5, 0.6) is 0 Å². The Morgan fingerprint density at radius 3 is 2.56 bits per heavy atom. The van der Waals surface area contributed by atoms with E-state index in [0.717, 1.165) is 12.2 Å². The van der Waals surface area contributed by atoms with Gasteiger partial charge in [-0.05, 0) is 24.3 Å². The lowest BCUT2D eigenvalue weighted by atomic mass is 10.1. The molecule has 0 spiro atoms. The van der Waals surface area contributed by atoms with Crippen molar-refractivity contribution in [2.75, 3.05) is 24.5 Å². The number of piperazine rings is 1. The summed E-state index contributed by atoms with van der Waals surface area (Å²) in [7, 11) is 0. The zero-order valence-corrected chi connectivity index (χ0v) is 9.80. The average Bonchev–Trinajstić information content (AvgIpc) is 2.39. The van der Waals surface area contributed by atoms with Gasteiger partial charge in [-0.1, -0.05) is 0 Å². The van der Waals surface area contributed by atoms with Crippen molar-refractivity contribution in [1.82, 2.24) is 5.32 Å². The van der Waals surface area contributed by atoms with Crippen LogP contribution in [0, 0.1) is 0 Å². The second-order valence-electron chi connectivity index (χ2n) is 4.16. The third-order valence-electron chi connectivity index (χ3n) is 3.01. The summed E-state index contributed by atoms with van der Waals surface area (Å²) in [5.74, 6) is -1.35. The molecule has 1 aliphatic heterocycles. The molecule has 2 rings (SSSR count). The molecule has 1 aromatic rings. The van der Waals surface area contributed by atoms with E-state index < -0.39 is 17.9 Å². The van der Waals surface area contributed by atoms with Crippen molar-refractivity contribution in [2.45, 2.75) is 6.04 Å². The molecule has 0 saturated carbocycles. The summed E-state index contributed by atoms with van der Waals surface area (Å²) in [6.45, 7) is 1.77. The first-order valence-electron chi connectivity index (χ1n) is 5.69. The fraction of sp³-hybridized carbons (Fsp3) is 0.333. The van der Waals surface area contributed by atoms with E-state index in [-0.39, 0.29) is 0 Å². The van der Waals surface area contributed by atoms with Crippen LogP contribution in [0.3, 0.4) is 0 Å². The van der Waals surface area contributed by atoms with E-state index in [1.54, 1.807) is 24.3 Å². The van der Waals surface area contributed by atoms with Gasteiger partial charge in [0.25, 0.3) is 0 Å². The molecule has 1 saturated heterocycles. The number of carbonyl (C=O) groups is 2. The van der Waals surface area contributed by atoms with E-state index in [9.17, 15) is 9.59 Å². The maximum Gasteiger partial charge on any atom is 0.327 e. The predicted molar refractivity (Wildman–Crippen MR) is 66.6 cm³/mol. The van der Waals surface area contributed by atoms with Gasteiger partial charge in [-0.25, -0.2) is 4.79 Å². The lowest BCUT2D eigenvalue weighted by Gasteiger charge is -2.35. The number of hydrogen-bond donors (Lipinski definition) is 3. The first-order chi connectivity index (χ1) is 8.59. The zero-order valence-electron chi connectivity index (χ0n) is 9.80. The lowest BCUT2D eigenvalue weighted by Crippen LogP contribution is -2.55. The molecular formula is C12H15N3O3. The average molecular weight is 249 g/mol. The maximum atomic E-state index is 11.2. The molecule has 1 aliphatic rings. The molecule has 6 nitrogen and oxygen atoms in total. The number of carbonyl (C=O) groups excluding carboxylic acids is 1. The second kappa shape index (κ2) is 5.05. The number of rotatable bonds is 3. The Balaban J connectivity index is 2.23. The quantitative estimate of drug-likeness (QED) is 0.680. The number of amides is 1. The summed E-state index contributed by atoms with van der Waals surface area (Å²) in [5, 5.41) is 12.2. The molecule has 0 aliphatic carbocycles. The molecule has 18 heavy (non-hydrogen) atoms. The van der Waals surface area contributed by atoms with E-state index in [2.05, 4.69) is 5.32 Å². The Labute approximate surface area is 104 Å². The normalized spacial score (nSPS) is 19.6. The van der Waals surface area contributed by atoms with Gasteiger partial charge in [0, 0.05) is 30.9 Å². The lowest BCUT2D eigenvalue weighted by molar-refractivity contribution is -0.138. The van der Waals surface area contributed by atoms with Gasteiger partial charge in [0.2, 0.25) is 5.91 Å². The number of primary amides is 1.